The van der Waals surface area contributed by atoms with Crippen molar-refractivity contribution in [1.82, 2.24) is 28.8 Å². The number of rotatable bonds is 7. The van der Waals surface area contributed by atoms with E-state index in [0.29, 0.717) is 23.0 Å². The number of aromatic nitrogens is 4. The van der Waals surface area contributed by atoms with Crippen LogP contribution < -0.4 is 4.74 Å². The Balaban J connectivity index is 1.36. The lowest BCUT2D eigenvalue weighted by Crippen LogP contribution is -2.50. The summed E-state index contributed by atoms with van der Waals surface area (Å²) in [7, 11) is -3.67. The fourth-order valence-corrected chi connectivity index (χ4v) is 5.52. The molecule has 0 aliphatic carbocycles. The van der Waals surface area contributed by atoms with Crippen LogP contribution in [0.4, 0.5) is 0 Å². The third-order valence-corrected chi connectivity index (χ3v) is 7.98. The van der Waals surface area contributed by atoms with Crippen molar-refractivity contribution in [3.05, 3.63) is 58.6 Å². The molecule has 1 saturated heterocycles. The van der Waals surface area contributed by atoms with Gasteiger partial charge in [-0.15, -0.1) is 0 Å². The van der Waals surface area contributed by atoms with E-state index in [2.05, 4.69) is 10.2 Å². The molecule has 34 heavy (non-hydrogen) atoms. The molecule has 0 saturated carbocycles. The summed E-state index contributed by atoms with van der Waals surface area (Å²) in [5.74, 6) is 0.293. The predicted octanol–water partition coefficient (Wildman–Crippen LogP) is 2.55. The Morgan fingerprint density at radius 1 is 1.09 bits per heavy atom. The van der Waals surface area contributed by atoms with E-state index in [9.17, 15) is 13.2 Å². The van der Waals surface area contributed by atoms with Gasteiger partial charge in [-0.25, -0.2) is 13.1 Å². The van der Waals surface area contributed by atoms with Crippen LogP contribution in [0.3, 0.4) is 0 Å². The lowest BCUT2D eigenvalue weighted by atomic mass is 10.2. The van der Waals surface area contributed by atoms with E-state index in [1.54, 1.807) is 41.0 Å². The summed E-state index contributed by atoms with van der Waals surface area (Å²) in [4.78, 5) is 14.7. The second-order valence-corrected chi connectivity index (χ2v) is 10.4. The van der Waals surface area contributed by atoms with Crippen LogP contribution in [-0.4, -0.2) is 69.3 Å². The van der Waals surface area contributed by atoms with E-state index in [1.165, 1.54) is 8.99 Å². The van der Waals surface area contributed by atoms with E-state index in [0.717, 1.165) is 5.56 Å². The summed E-state index contributed by atoms with van der Waals surface area (Å²) < 4.78 is 36.3. The molecule has 0 N–H and O–H groups in total. The van der Waals surface area contributed by atoms with Crippen molar-refractivity contribution in [1.29, 1.82) is 0 Å². The Morgan fingerprint density at radius 2 is 1.82 bits per heavy atom. The molecule has 3 aromatic rings. The van der Waals surface area contributed by atoms with Gasteiger partial charge in [0.05, 0.1) is 10.7 Å². The van der Waals surface area contributed by atoms with Crippen LogP contribution in [0, 0.1) is 13.8 Å². The van der Waals surface area contributed by atoms with Gasteiger partial charge >= 0.3 is 0 Å². The van der Waals surface area contributed by atoms with Gasteiger partial charge in [0.15, 0.2) is 12.4 Å². The van der Waals surface area contributed by atoms with E-state index < -0.39 is 10.0 Å². The molecule has 10 nitrogen and oxygen atoms in total. The Labute approximate surface area is 203 Å². The van der Waals surface area contributed by atoms with Crippen LogP contribution in [0.25, 0.3) is 0 Å². The maximum Gasteiger partial charge on any atom is 0.274 e. The molecule has 0 radical (unpaired) electrons. The number of ether oxygens (including phenoxy) is 1. The molecule has 182 valence electrons. The first-order chi connectivity index (χ1) is 16.2. The summed E-state index contributed by atoms with van der Waals surface area (Å²) in [5, 5.41) is 9.04. The molecule has 2 aromatic heterocycles. The second-order valence-electron chi connectivity index (χ2n) is 8.08. The molecule has 0 bridgehead atoms. The molecule has 12 heteroatoms. The number of benzene rings is 1. The van der Waals surface area contributed by atoms with Gasteiger partial charge in [-0.3, -0.25) is 9.48 Å². The van der Waals surface area contributed by atoms with Gasteiger partial charge in [0.25, 0.3) is 5.91 Å². The Hall–Kier alpha value is -2.89. The summed E-state index contributed by atoms with van der Waals surface area (Å²) in [6.45, 7) is 7.20. The third kappa shape index (κ3) is 4.96. The standard InChI is InChI=1S/C22H27ClN6O4S/c1-4-27-14-21(17(3)24-27)34(31,32)29-11-9-26(10-12-29)22(30)19-7-8-28(25-19)15-33-20-13-16(2)5-6-18(20)23/h5-8,13-14H,4,9-12,15H2,1-3H3. The van der Waals surface area contributed by atoms with Crippen molar-refractivity contribution in [3.8, 4) is 5.75 Å². The van der Waals surface area contributed by atoms with Crippen molar-refractivity contribution >= 4 is 27.5 Å². The largest absolute Gasteiger partial charge is 0.470 e. The van der Waals surface area contributed by atoms with Gasteiger partial charge in [-0.1, -0.05) is 17.7 Å². The maximum absolute atomic E-state index is 13.1. The van der Waals surface area contributed by atoms with Crippen molar-refractivity contribution in [2.45, 2.75) is 38.9 Å². The predicted molar refractivity (Wildman–Crippen MR) is 126 cm³/mol. The van der Waals surface area contributed by atoms with Crippen molar-refractivity contribution in [2.75, 3.05) is 26.2 Å². The first kappa shape index (κ1) is 24.2. The number of halogens is 1. The second kappa shape index (κ2) is 9.77. The monoisotopic (exact) mass is 506 g/mol. The minimum Gasteiger partial charge on any atom is -0.470 e. The van der Waals surface area contributed by atoms with Crippen molar-refractivity contribution in [3.63, 3.8) is 0 Å². The highest BCUT2D eigenvalue weighted by atomic mass is 35.5. The fourth-order valence-electron chi connectivity index (χ4n) is 3.75. The minimum absolute atomic E-state index is 0.104. The molecule has 1 aliphatic heterocycles. The van der Waals surface area contributed by atoms with Crippen LogP contribution in [-0.2, 0) is 23.3 Å². The third-order valence-electron chi connectivity index (χ3n) is 5.67. The number of hydrogen-bond acceptors (Lipinski definition) is 6. The van der Waals surface area contributed by atoms with Gasteiger partial charge in [0.1, 0.15) is 10.6 Å². The first-order valence-corrected chi connectivity index (χ1v) is 12.8. The minimum atomic E-state index is -3.67. The van der Waals surface area contributed by atoms with Crippen LogP contribution >= 0.6 is 11.6 Å². The highest BCUT2D eigenvalue weighted by molar-refractivity contribution is 7.89. The normalized spacial score (nSPS) is 15.0. The van der Waals surface area contributed by atoms with Crippen molar-refractivity contribution < 1.29 is 17.9 Å². The van der Waals surface area contributed by atoms with Crippen LogP contribution in [0.2, 0.25) is 5.02 Å². The number of nitrogens with zero attached hydrogens (tertiary/aromatic N) is 6. The van der Waals surface area contributed by atoms with Crippen molar-refractivity contribution in [2.24, 2.45) is 0 Å². The SMILES string of the molecule is CCn1cc(S(=O)(=O)N2CCN(C(=O)c3ccn(COc4cc(C)ccc4Cl)n3)CC2)c(C)n1. The number of amides is 1. The number of hydrogen-bond donors (Lipinski definition) is 0. The Morgan fingerprint density at radius 3 is 2.50 bits per heavy atom. The molecule has 1 amide bonds. The molecule has 1 aromatic carbocycles. The number of aryl methyl sites for hydroxylation is 3. The van der Waals surface area contributed by atoms with Gasteiger partial charge < -0.3 is 9.64 Å². The number of sulfonamides is 1. The molecular formula is C22H27ClN6O4S. The average molecular weight is 507 g/mol. The smallest absolute Gasteiger partial charge is 0.274 e. The fraction of sp³-hybridized carbons (Fsp3) is 0.409. The van der Waals surface area contributed by atoms with Gasteiger partial charge in [0, 0.05) is 45.1 Å². The van der Waals surface area contributed by atoms with Crippen LogP contribution in [0.1, 0.15) is 28.7 Å². The zero-order valence-corrected chi connectivity index (χ0v) is 20.9. The lowest BCUT2D eigenvalue weighted by molar-refractivity contribution is 0.0690. The highest BCUT2D eigenvalue weighted by Crippen LogP contribution is 2.25. The summed E-state index contributed by atoms with van der Waals surface area (Å²) in [6.07, 6.45) is 3.21. The Kier molecular flexibility index (Phi) is 6.96. The van der Waals surface area contributed by atoms with Gasteiger partial charge in [-0.05, 0) is 44.5 Å². The molecule has 4 rings (SSSR count). The lowest BCUT2D eigenvalue weighted by Gasteiger charge is -2.33. The molecule has 0 spiro atoms. The first-order valence-electron chi connectivity index (χ1n) is 10.9. The molecule has 1 aliphatic rings. The molecule has 0 atom stereocenters. The van der Waals surface area contributed by atoms with E-state index >= 15 is 0 Å². The summed E-state index contributed by atoms with van der Waals surface area (Å²) in [6, 6.07) is 7.11. The zero-order chi connectivity index (χ0) is 24.5. The van der Waals surface area contributed by atoms with E-state index in [1.807, 2.05) is 26.0 Å². The molecule has 0 unspecified atom stereocenters. The van der Waals surface area contributed by atoms with Crippen LogP contribution in [0.15, 0.2) is 41.6 Å². The van der Waals surface area contributed by atoms with E-state index in [4.69, 9.17) is 16.3 Å². The summed E-state index contributed by atoms with van der Waals surface area (Å²) in [5.41, 5.74) is 1.77. The Bertz CT molecular complexity index is 1290. The zero-order valence-electron chi connectivity index (χ0n) is 19.3. The summed E-state index contributed by atoms with van der Waals surface area (Å²) >= 11 is 6.15. The number of carbonyl (C=O) groups is 1. The number of piperazine rings is 1. The van der Waals surface area contributed by atoms with E-state index in [-0.39, 0.29) is 49.4 Å². The average Bonchev–Trinajstić information content (AvgIpc) is 3.46. The molecule has 1 fully saturated rings. The maximum atomic E-state index is 13.1. The molecular weight excluding hydrogens is 480 g/mol. The quantitative estimate of drug-likeness (QED) is 0.488. The van der Waals surface area contributed by atoms with Gasteiger partial charge in [0.2, 0.25) is 10.0 Å². The van der Waals surface area contributed by atoms with Gasteiger partial charge in [-0.2, -0.15) is 14.5 Å². The highest BCUT2D eigenvalue weighted by Gasteiger charge is 2.33. The number of carbonyl (C=O) groups excluding carboxylic acids is 1. The van der Waals surface area contributed by atoms with Crippen LogP contribution in [0.5, 0.6) is 5.75 Å². The topological polar surface area (TPSA) is 103 Å². The molecule has 3 heterocycles.